The molecule has 28 heavy (non-hydrogen) atoms. The summed E-state index contributed by atoms with van der Waals surface area (Å²) in [5.74, 6) is -1.50. The molecule has 0 aromatic heterocycles. The number of nitrogens with zero attached hydrogens (tertiary/aromatic N) is 2. The molecule has 1 fully saturated rings. The lowest BCUT2D eigenvalue weighted by Crippen LogP contribution is -2.55. The number of carbonyl (C=O) groups is 3. The van der Waals surface area contributed by atoms with E-state index < -0.39 is 11.8 Å². The fraction of sp³-hybridized carbons (Fsp3) is 0.318. The summed E-state index contributed by atoms with van der Waals surface area (Å²) in [6, 6.07) is 13.7. The summed E-state index contributed by atoms with van der Waals surface area (Å²) in [6.07, 6.45) is 0. The van der Waals surface area contributed by atoms with Crippen LogP contribution in [0.2, 0.25) is 0 Å². The van der Waals surface area contributed by atoms with Gasteiger partial charge in [0.15, 0.2) is 0 Å². The molecule has 0 unspecified atom stereocenters. The summed E-state index contributed by atoms with van der Waals surface area (Å²) in [5.41, 5.74) is 4.83. The first-order chi connectivity index (χ1) is 13.3. The third-order valence-electron chi connectivity index (χ3n) is 4.89. The van der Waals surface area contributed by atoms with Crippen molar-refractivity contribution in [1.82, 2.24) is 9.80 Å². The smallest absolute Gasteiger partial charge is 0.312 e. The van der Waals surface area contributed by atoms with Crippen molar-refractivity contribution < 1.29 is 14.4 Å². The van der Waals surface area contributed by atoms with Crippen molar-refractivity contribution in [3.8, 4) is 0 Å². The van der Waals surface area contributed by atoms with Crippen LogP contribution in [0.1, 0.15) is 22.3 Å². The van der Waals surface area contributed by atoms with Crippen molar-refractivity contribution >= 4 is 23.4 Å². The summed E-state index contributed by atoms with van der Waals surface area (Å²) >= 11 is 0. The average Bonchev–Trinajstić information content (AvgIpc) is 2.66. The van der Waals surface area contributed by atoms with Crippen LogP contribution in [0.25, 0.3) is 0 Å². The van der Waals surface area contributed by atoms with E-state index in [0.29, 0.717) is 19.6 Å². The molecule has 1 heterocycles. The van der Waals surface area contributed by atoms with Gasteiger partial charge in [-0.05, 0) is 43.5 Å². The first-order valence-electron chi connectivity index (χ1n) is 9.34. The second kappa shape index (κ2) is 8.25. The number of rotatable bonds is 5. The zero-order valence-corrected chi connectivity index (χ0v) is 16.5. The lowest BCUT2D eigenvalue weighted by Gasteiger charge is -2.33. The number of amides is 3. The molecule has 1 saturated heterocycles. The first-order valence-corrected chi connectivity index (χ1v) is 9.34. The average molecular weight is 379 g/mol. The molecular weight excluding hydrogens is 354 g/mol. The Labute approximate surface area is 165 Å². The molecule has 2 aromatic carbocycles. The molecule has 3 amide bonds. The van der Waals surface area contributed by atoms with Crippen LogP contribution in [0.4, 0.5) is 5.69 Å². The predicted molar refractivity (Wildman–Crippen MR) is 108 cm³/mol. The summed E-state index contributed by atoms with van der Waals surface area (Å²) in [5, 5.41) is 2.83. The van der Waals surface area contributed by atoms with Crippen molar-refractivity contribution in [3.05, 3.63) is 64.7 Å². The van der Waals surface area contributed by atoms with Gasteiger partial charge in [0.2, 0.25) is 5.91 Å². The normalized spacial score (nSPS) is 14.4. The van der Waals surface area contributed by atoms with Crippen LogP contribution in [0.3, 0.4) is 0 Å². The fourth-order valence-corrected chi connectivity index (χ4v) is 3.16. The minimum absolute atomic E-state index is 0.129. The number of hydrogen-bond donors (Lipinski definition) is 1. The van der Waals surface area contributed by atoms with E-state index in [1.807, 2.05) is 63.2 Å². The molecule has 146 valence electrons. The maximum atomic E-state index is 12.4. The Morgan fingerprint density at radius 2 is 1.50 bits per heavy atom. The van der Waals surface area contributed by atoms with Gasteiger partial charge in [0.05, 0.1) is 0 Å². The Morgan fingerprint density at radius 3 is 2.21 bits per heavy atom. The lowest BCUT2D eigenvalue weighted by atomic mass is 10.1. The van der Waals surface area contributed by atoms with E-state index in [1.54, 1.807) is 0 Å². The van der Waals surface area contributed by atoms with Gasteiger partial charge in [-0.3, -0.25) is 14.4 Å². The van der Waals surface area contributed by atoms with Gasteiger partial charge in [-0.1, -0.05) is 42.0 Å². The first kappa shape index (κ1) is 19.6. The number of aryl methyl sites for hydroxylation is 3. The van der Waals surface area contributed by atoms with Gasteiger partial charge in [0.1, 0.15) is 6.54 Å². The number of piperazine rings is 1. The van der Waals surface area contributed by atoms with Crippen LogP contribution in [-0.4, -0.2) is 47.2 Å². The SMILES string of the molecule is Cc1ccc(CN2CCN(CC(=O)Nc3cc(C)ccc3C)C(=O)C2=O)cc1. The van der Waals surface area contributed by atoms with Crippen molar-refractivity contribution in [1.29, 1.82) is 0 Å². The van der Waals surface area contributed by atoms with Crippen LogP contribution in [-0.2, 0) is 20.9 Å². The van der Waals surface area contributed by atoms with Gasteiger partial charge in [0, 0.05) is 25.3 Å². The highest BCUT2D eigenvalue weighted by molar-refractivity contribution is 6.35. The molecular formula is C22H25N3O3. The molecule has 1 aliphatic heterocycles. The number of benzene rings is 2. The Bertz CT molecular complexity index is 906. The molecule has 2 aromatic rings. The number of nitrogens with one attached hydrogen (secondary N) is 1. The third-order valence-corrected chi connectivity index (χ3v) is 4.89. The standard InChI is InChI=1S/C22H25N3O3/c1-15-5-8-18(9-6-15)13-24-10-11-25(22(28)21(24)27)14-20(26)23-19-12-16(2)4-7-17(19)3/h4-9,12H,10-11,13-14H2,1-3H3,(H,23,26). The zero-order valence-electron chi connectivity index (χ0n) is 16.5. The van der Waals surface area contributed by atoms with Gasteiger partial charge in [-0.2, -0.15) is 0 Å². The van der Waals surface area contributed by atoms with Crippen molar-refractivity contribution in [2.45, 2.75) is 27.3 Å². The maximum Gasteiger partial charge on any atom is 0.312 e. The van der Waals surface area contributed by atoms with Crippen LogP contribution < -0.4 is 5.32 Å². The van der Waals surface area contributed by atoms with E-state index >= 15 is 0 Å². The number of anilines is 1. The molecule has 6 heteroatoms. The van der Waals surface area contributed by atoms with Crippen molar-refractivity contribution in [2.24, 2.45) is 0 Å². The fourth-order valence-electron chi connectivity index (χ4n) is 3.16. The monoisotopic (exact) mass is 379 g/mol. The molecule has 0 bridgehead atoms. The van der Waals surface area contributed by atoms with Gasteiger partial charge in [-0.25, -0.2) is 0 Å². The van der Waals surface area contributed by atoms with Gasteiger partial charge in [-0.15, -0.1) is 0 Å². The molecule has 0 spiro atoms. The summed E-state index contributed by atoms with van der Waals surface area (Å²) in [7, 11) is 0. The number of hydrogen-bond acceptors (Lipinski definition) is 3. The maximum absolute atomic E-state index is 12.4. The van der Waals surface area contributed by atoms with Crippen molar-refractivity contribution in [2.75, 3.05) is 25.0 Å². The summed E-state index contributed by atoms with van der Waals surface area (Å²) in [6.45, 7) is 6.88. The molecule has 3 rings (SSSR count). The molecule has 0 radical (unpaired) electrons. The van der Waals surface area contributed by atoms with Crippen LogP contribution in [0.15, 0.2) is 42.5 Å². The highest BCUT2D eigenvalue weighted by Crippen LogP contribution is 2.17. The van der Waals surface area contributed by atoms with E-state index in [1.165, 1.54) is 9.80 Å². The van der Waals surface area contributed by atoms with E-state index in [4.69, 9.17) is 0 Å². The Kier molecular flexibility index (Phi) is 5.78. The highest BCUT2D eigenvalue weighted by atomic mass is 16.2. The Hall–Kier alpha value is -3.15. The van der Waals surface area contributed by atoms with Crippen LogP contribution in [0.5, 0.6) is 0 Å². The second-order valence-electron chi connectivity index (χ2n) is 7.31. The van der Waals surface area contributed by atoms with E-state index in [0.717, 1.165) is 27.9 Å². The summed E-state index contributed by atoms with van der Waals surface area (Å²) in [4.78, 5) is 40.1. The minimum Gasteiger partial charge on any atom is -0.328 e. The van der Waals surface area contributed by atoms with Crippen LogP contribution >= 0.6 is 0 Å². The lowest BCUT2D eigenvalue weighted by molar-refractivity contribution is -0.157. The van der Waals surface area contributed by atoms with Crippen LogP contribution in [0, 0.1) is 20.8 Å². The second-order valence-corrected chi connectivity index (χ2v) is 7.31. The van der Waals surface area contributed by atoms with Gasteiger partial charge >= 0.3 is 11.8 Å². The molecule has 0 atom stereocenters. The quantitative estimate of drug-likeness (QED) is 0.811. The van der Waals surface area contributed by atoms with Gasteiger partial charge in [0.25, 0.3) is 0 Å². The third kappa shape index (κ3) is 4.57. The zero-order chi connectivity index (χ0) is 20.3. The largest absolute Gasteiger partial charge is 0.328 e. The summed E-state index contributed by atoms with van der Waals surface area (Å²) < 4.78 is 0. The van der Waals surface area contributed by atoms with Crippen molar-refractivity contribution in [3.63, 3.8) is 0 Å². The Morgan fingerprint density at radius 1 is 0.893 bits per heavy atom. The Balaban J connectivity index is 1.59. The molecule has 1 aliphatic rings. The topological polar surface area (TPSA) is 69.7 Å². The van der Waals surface area contributed by atoms with Gasteiger partial charge < -0.3 is 15.1 Å². The van der Waals surface area contributed by atoms with E-state index in [-0.39, 0.29) is 12.5 Å². The molecule has 0 aliphatic carbocycles. The molecule has 6 nitrogen and oxygen atoms in total. The highest BCUT2D eigenvalue weighted by Gasteiger charge is 2.33. The molecule has 1 N–H and O–H groups in total. The minimum atomic E-state index is -0.630. The number of carbonyl (C=O) groups excluding carboxylic acids is 3. The van der Waals surface area contributed by atoms with E-state index in [9.17, 15) is 14.4 Å². The predicted octanol–water partition coefficient (Wildman–Crippen LogP) is 2.42. The molecule has 0 saturated carbocycles. The van der Waals surface area contributed by atoms with E-state index in [2.05, 4.69) is 5.32 Å².